The van der Waals surface area contributed by atoms with E-state index in [2.05, 4.69) is 15.2 Å². The maximum Gasteiger partial charge on any atom is 0.328 e. The quantitative estimate of drug-likeness (QED) is 0.625. The van der Waals surface area contributed by atoms with Crippen LogP contribution in [0.1, 0.15) is 24.8 Å². The summed E-state index contributed by atoms with van der Waals surface area (Å²) in [5.74, 6) is 0.753. The van der Waals surface area contributed by atoms with Crippen LogP contribution in [-0.4, -0.2) is 50.4 Å². The van der Waals surface area contributed by atoms with Gasteiger partial charge in [0, 0.05) is 46.3 Å². The van der Waals surface area contributed by atoms with Gasteiger partial charge in [-0.2, -0.15) is 0 Å². The summed E-state index contributed by atoms with van der Waals surface area (Å²) >= 11 is 0. The number of amides is 1. The molecule has 4 rings (SSSR count). The Balaban J connectivity index is 1.32. The molecule has 0 radical (unpaired) electrons. The Morgan fingerprint density at radius 1 is 1.19 bits per heavy atom. The van der Waals surface area contributed by atoms with Crippen LogP contribution in [0.15, 0.2) is 47.4 Å². The second kappa shape index (κ2) is 8.55. The maximum atomic E-state index is 12.4. The monoisotopic (exact) mass is 423 g/mol. The van der Waals surface area contributed by atoms with Crippen molar-refractivity contribution in [3.05, 3.63) is 58.6 Å². The topological polar surface area (TPSA) is 92.4 Å². The summed E-state index contributed by atoms with van der Waals surface area (Å²) < 4.78 is 3.23. The van der Waals surface area contributed by atoms with Crippen molar-refractivity contribution in [2.75, 3.05) is 24.5 Å². The molecule has 8 nitrogen and oxygen atoms in total. The molecule has 2 N–H and O–H groups in total. The largest absolute Gasteiger partial charge is 0.386 e. The van der Waals surface area contributed by atoms with Crippen LogP contribution in [-0.2, 0) is 25.3 Å². The van der Waals surface area contributed by atoms with Gasteiger partial charge >= 0.3 is 5.69 Å². The molecule has 1 atom stereocenters. The minimum atomic E-state index is -0.966. The molecule has 1 unspecified atom stereocenters. The number of aromatic nitrogens is 3. The van der Waals surface area contributed by atoms with E-state index in [0.717, 1.165) is 35.4 Å². The molecule has 0 aliphatic carbocycles. The Labute approximate surface area is 181 Å². The van der Waals surface area contributed by atoms with E-state index in [1.165, 1.54) is 0 Å². The molecule has 3 heterocycles. The normalized spacial score (nSPS) is 19.0. The number of anilines is 1. The molecule has 1 saturated heterocycles. The van der Waals surface area contributed by atoms with E-state index in [1.807, 2.05) is 36.4 Å². The molecule has 1 amide bonds. The van der Waals surface area contributed by atoms with Gasteiger partial charge in [0.15, 0.2) is 0 Å². The van der Waals surface area contributed by atoms with Gasteiger partial charge in [-0.25, -0.2) is 9.78 Å². The molecule has 164 valence electrons. The molecule has 3 aromatic rings. The molecule has 0 bridgehead atoms. The third-order valence-corrected chi connectivity index (χ3v) is 6.12. The van der Waals surface area contributed by atoms with Gasteiger partial charge in [0.2, 0.25) is 5.91 Å². The van der Waals surface area contributed by atoms with Gasteiger partial charge in [-0.3, -0.25) is 13.9 Å². The number of nitrogens with zero attached hydrogens (tertiary/aromatic N) is 4. The van der Waals surface area contributed by atoms with Gasteiger partial charge < -0.3 is 15.3 Å². The lowest BCUT2D eigenvalue weighted by atomic mass is 9.92. The number of piperidine rings is 1. The number of carbonyl (C=O) groups is 1. The molecule has 1 aliphatic rings. The number of hydrogen-bond acceptors (Lipinski definition) is 5. The number of β-amino-alcohol motifs (C(OH)–C–C–N with tert-alkyl or cyclic N) is 1. The molecule has 1 aromatic carbocycles. The molecule has 2 aromatic heterocycles. The smallest absolute Gasteiger partial charge is 0.328 e. The molecule has 0 saturated carbocycles. The first kappa shape index (κ1) is 21.1. The van der Waals surface area contributed by atoms with Crippen LogP contribution in [0.5, 0.6) is 0 Å². The fraction of sp³-hybridized carbons (Fsp3) is 0.435. The average Bonchev–Trinajstić information content (AvgIpc) is 3.00. The Bertz CT molecular complexity index is 1140. The molecule has 0 spiro atoms. The van der Waals surface area contributed by atoms with Crippen LogP contribution in [0.25, 0.3) is 11.0 Å². The van der Waals surface area contributed by atoms with E-state index < -0.39 is 5.60 Å². The van der Waals surface area contributed by atoms with E-state index in [-0.39, 0.29) is 18.1 Å². The third-order valence-electron chi connectivity index (χ3n) is 6.12. The van der Waals surface area contributed by atoms with Crippen LogP contribution in [0.2, 0.25) is 0 Å². The first-order chi connectivity index (χ1) is 14.9. The van der Waals surface area contributed by atoms with Gasteiger partial charge in [0.25, 0.3) is 0 Å². The van der Waals surface area contributed by atoms with Gasteiger partial charge in [-0.05, 0) is 49.1 Å². The van der Waals surface area contributed by atoms with Crippen molar-refractivity contribution in [3.8, 4) is 0 Å². The van der Waals surface area contributed by atoms with Crippen LogP contribution < -0.4 is 15.9 Å². The highest BCUT2D eigenvalue weighted by Crippen LogP contribution is 2.24. The summed E-state index contributed by atoms with van der Waals surface area (Å²) in [5, 5.41) is 13.9. The highest BCUT2D eigenvalue weighted by atomic mass is 16.3. The molecule has 1 fully saturated rings. The minimum absolute atomic E-state index is 0.0645. The highest BCUT2D eigenvalue weighted by Gasteiger charge is 2.34. The van der Waals surface area contributed by atoms with Crippen molar-refractivity contribution in [1.29, 1.82) is 0 Å². The summed E-state index contributed by atoms with van der Waals surface area (Å²) in [6.07, 6.45) is 4.14. The first-order valence-corrected chi connectivity index (χ1v) is 10.7. The van der Waals surface area contributed by atoms with Crippen molar-refractivity contribution in [2.24, 2.45) is 14.1 Å². The average molecular weight is 424 g/mol. The lowest BCUT2D eigenvalue weighted by Crippen LogP contribution is -2.54. The van der Waals surface area contributed by atoms with E-state index in [1.54, 1.807) is 29.4 Å². The Hall–Kier alpha value is -3.13. The van der Waals surface area contributed by atoms with Crippen molar-refractivity contribution in [2.45, 2.75) is 31.3 Å². The predicted octanol–water partition coefficient (Wildman–Crippen LogP) is 1.35. The van der Waals surface area contributed by atoms with Crippen LogP contribution in [0.4, 0.5) is 5.82 Å². The summed E-state index contributed by atoms with van der Waals surface area (Å²) in [4.78, 5) is 30.9. The van der Waals surface area contributed by atoms with Crippen molar-refractivity contribution in [1.82, 2.24) is 19.4 Å². The van der Waals surface area contributed by atoms with Gasteiger partial charge in [0.05, 0.1) is 16.6 Å². The predicted molar refractivity (Wildman–Crippen MR) is 120 cm³/mol. The molecular formula is C23H29N5O3. The van der Waals surface area contributed by atoms with Crippen LogP contribution in [0, 0.1) is 0 Å². The van der Waals surface area contributed by atoms with Crippen molar-refractivity contribution < 1.29 is 9.90 Å². The van der Waals surface area contributed by atoms with Crippen molar-refractivity contribution >= 4 is 22.8 Å². The molecule has 1 aliphatic heterocycles. The standard InChI is InChI=1S/C23H29N5O3/c1-26-18-9-7-17(14-19(18)27(2)22(26)30)8-10-21(29)25-15-23(31)11-5-13-28(16-23)20-6-3-4-12-24-20/h3-4,6-7,9,12,14,31H,5,8,10-11,13,15-16H2,1-2H3,(H,25,29). The first-order valence-electron chi connectivity index (χ1n) is 10.7. The Kier molecular flexibility index (Phi) is 5.82. The minimum Gasteiger partial charge on any atom is -0.386 e. The van der Waals surface area contributed by atoms with E-state index >= 15 is 0 Å². The van der Waals surface area contributed by atoms with E-state index in [9.17, 15) is 14.7 Å². The number of carbonyl (C=O) groups excluding carboxylic acids is 1. The SMILES string of the molecule is Cn1c(=O)n(C)c2cc(CCC(=O)NCC3(O)CCCN(c4ccccn4)C3)ccc21. The lowest BCUT2D eigenvalue weighted by molar-refractivity contribution is -0.122. The summed E-state index contributed by atoms with van der Waals surface area (Å²) in [5.41, 5.74) is 1.70. The van der Waals surface area contributed by atoms with Crippen LogP contribution >= 0.6 is 0 Å². The Morgan fingerprint density at radius 2 is 2.00 bits per heavy atom. The van der Waals surface area contributed by atoms with Gasteiger partial charge in [0.1, 0.15) is 5.82 Å². The molecule has 8 heteroatoms. The zero-order valence-electron chi connectivity index (χ0n) is 18.0. The number of hydrogen-bond donors (Lipinski definition) is 2. The number of aryl methyl sites for hydroxylation is 3. The number of aliphatic hydroxyl groups is 1. The van der Waals surface area contributed by atoms with Gasteiger partial charge in [-0.1, -0.05) is 12.1 Å². The summed E-state index contributed by atoms with van der Waals surface area (Å²) in [6, 6.07) is 11.6. The number of pyridine rings is 1. The summed E-state index contributed by atoms with van der Waals surface area (Å²) in [6.45, 7) is 1.52. The Morgan fingerprint density at radius 3 is 2.77 bits per heavy atom. The second-order valence-corrected chi connectivity index (χ2v) is 8.44. The number of rotatable bonds is 6. The molecular weight excluding hydrogens is 394 g/mol. The van der Waals surface area contributed by atoms with Crippen molar-refractivity contribution in [3.63, 3.8) is 0 Å². The van der Waals surface area contributed by atoms with E-state index in [4.69, 9.17) is 0 Å². The van der Waals surface area contributed by atoms with Crippen LogP contribution in [0.3, 0.4) is 0 Å². The third kappa shape index (κ3) is 4.49. The van der Waals surface area contributed by atoms with Gasteiger partial charge in [-0.15, -0.1) is 0 Å². The number of benzene rings is 1. The zero-order chi connectivity index (χ0) is 22.0. The number of imidazole rings is 1. The zero-order valence-corrected chi connectivity index (χ0v) is 18.0. The maximum absolute atomic E-state index is 12.4. The highest BCUT2D eigenvalue weighted by molar-refractivity contribution is 5.78. The second-order valence-electron chi connectivity index (χ2n) is 8.44. The van der Waals surface area contributed by atoms with E-state index in [0.29, 0.717) is 25.8 Å². The number of fused-ring (bicyclic) bond motifs is 1. The fourth-order valence-electron chi connectivity index (χ4n) is 4.31. The molecule has 31 heavy (non-hydrogen) atoms. The summed E-state index contributed by atoms with van der Waals surface area (Å²) in [7, 11) is 3.50. The number of nitrogens with one attached hydrogen (secondary N) is 1. The fourth-order valence-corrected chi connectivity index (χ4v) is 4.31. The lowest BCUT2D eigenvalue weighted by Gasteiger charge is -2.39.